The Balaban J connectivity index is 0.000000771. The maximum atomic E-state index is 13.5. The molecule has 0 unspecified atom stereocenters. The molecular formula is C12H14ClF2N3. The fourth-order valence-corrected chi connectivity index (χ4v) is 1.57. The fraction of sp³-hybridized carbons (Fsp3) is 0.333. The number of benzene rings is 1. The van der Waals surface area contributed by atoms with Gasteiger partial charge in [0.05, 0.1) is 16.9 Å². The van der Waals surface area contributed by atoms with Crippen LogP contribution in [0.1, 0.15) is 25.1 Å². The van der Waals surface area contributed by atoms with Gasteiger partial charge in [-0.2, -0.15) is 0 Å². The predicted octanol–water partition coefficient (Wildman–Crippen LogP) is 3.86. The lowest BCUT2D eigenvalue weighted by Crippen LogP contribution is -2.00. The highest BCUT2D eigenvalue weighted by molar-refractivity contribution is 6.30. The van der Waals surface area contributed by atoms with E-state index >= 15 is 0 Å². The SMILES string of the molecule is CC.Cc1c(-n2cc(CF)nn2)ccc(Cl)c1F. The second-order valence-corrected chi connectivity index (χ2v) is 3.70. The first-order chi connectivity index (χ1) is 8.63. The van der Waals surface area contributed by atoms with E-state index in [1.165, 1.54) is 16.9 Å². The summed E-state index contributed by atoms with van der Waals surface area (Å²) in [6.45, 7) is 4.88. The monoisotopic (exact) mass is 273 g/mol. The van der Waals surface area contributed by atoms with E-state index in [-0.39, 0.29) is 10.7 Å². The minimum absolute atomic E-state index is 0.0482. The number of alkyl halides is 1. The van der Waals surface area contributed by atoms with E-state index < -0.39 is 12.5 Å². The first-order valence-electron chi connectivity index (χ1n) is 5.55. The fourth-order valence-electron chi connectivity index (χ4n) is 1.37. The summed E-state index contributed by atoms with van der Waals surface area (Å²) in [5.41, 5.74) is 1.05. The molecule has 0 bridgehead atoms. The second-order valence-electron chi connectivity index (χ2n) is 3.29. The van der Waals surface area contributed by atoms with Gasteiger partial charge in [0.1, 0.15) is 18.2 Å². The lowest BCUT2D eigenvalue weighted by molar-refractivity contribution is 0.475. The summed E-state index contributed by atoms with van der Waals surface area (Å²) in [5, 5.41) is 7.34. The molecule has 0 saturated heterocycles. The average molecular weight is 274 g/mol. The molecule has 0 radical (unpaired) electrons. The van der Waals surface area contributed by atoms with Crippen LogP contribution in [0.4, 0.5) is 8.78 Å². The Bertz CT molecular complexity index is 526. The first-order valence-corrected chi connectivity index (χ1v) is 5.93. The smallest absolute Gasteiger partial charge is 0.146 e. The van der Waals surface area contributed by atoms with Gasteiger partial charge in [-0.05, 0) is 19.1 Å². The van der Waals surface area contributed by atoms with Crippen LogP contribution in [-0.2, 0) is 6.67 Å². The van der Waals surface area contributed by atoms with Crippen LogP contribution in [0.25, 0.3) is 5.69 Å². The van der Waals surface area contributed by atoms with Crippen LogP contribution in [-0.4, -0.2) is 15.0 Å². The Morgan fingerprint density at radius 2 is 2.00 bits per heavy atom. The van der Waals surface area contributed by atoms with Gasteiger partial charge >= 0.3 is 0 Å². The van der Waals surface area contributed by atoms with Crippen LogP contribution >= 0.6 is 11.6 Å². The molecule has 0 spiro atoms. The van der Waals surface area contributed by atoms with E-state index in [0.717, 1.165) is 0 Å². The Morgan fingerprint density at radius 3 is 2.56 bits per heavy atom. The number of halogens is 3. The highest BCUT2D eigenvalue weighted by Gasteiger charge is 2.11. The van der Waals surface area contributed by atoms with Gasteiger partial charge in [0, 0.05) is 5.56 Å². The topological polar surface area (TPSA) is 30.7 Å². The van der Waals surface area contributed by atoms with Crippen LogP contribution in [0.3, 0.4) is 0 Å². The molecule has 0 atom stereocenters. The molecule has 2 rings (SSSR count). The maximum Gasteiger partial charge on any atom is 0.146 e. The molecule has 2 aromatic rings. The molecule has 1 heterocycles. The van der Waals surface area contributed by atoms with Crippen molar-refractivity contribution in [2.45, 2.75) is 27.4 Å². The molecule has 0 aliphatic rings. The molecule has 0 aliphatic heterocycles. The van der Waals surface area contributed by atoms with E-state index in [1.807, 2.05) is 13.8 Å². The number of hydrogen-bond donors (Lipinski definition) is 0. The Labute approximate surface area is 109 Å². The van der Waals surface area contributed by atoms with Gasteiger partial charge in [0.25, 0.3) is 0 Å². The van der Waals surface area contributed by atoms with Crippen molar-refractivity contribution in [3.8, 4) is 5.69 Å². The predicted molar refractivity (Wildman–Crippen MR) is 67.2 cm³/mol. The van der Waals surface area contributed by atoms with Crippen molar-refractivity contribution in [1.29, 1.82) is 0 Å². The molecule has 1 aromatic carbocycles. The third-order valence-corrected chi connectivity index (χ3v) is 2.53. The van der Waals surface area contributed by atoms with Crippen molar-refractivity contribution in [3.63, 3.8) is 0 Å². The average Bonchev–Trinajstić information content (AvgIpc) is 2.87. The lowest BCUT2D eigenvalue weighted by Gasteiger charge is -2.06. The van der Waals surface area contributed by atoms with Crippen molar-refractivity contribution >= 4 is 11.6 Å². The zero-order valence-corrected chi connectivity index (χ0v) is 11.2. The van der Waals surface area contributed by atoms with Crippen LogP contribution < -0.4 is 0 Å². The van der Waals surface area contributed by atoms with Gasteiger partial charge in [0.15, 0.2) is 0 Å². The third-order valence-electron chi connectivity index (χ3n) is 2.24. The van der Waals surface area contributed by atoms with E-state index in [1.54, 1.807) is 13.0 Å². The van der Waals surface area contributed by atoms with Crippen molar-refractivity contribution in [2.24, 2.45) is 0 Å². The molecule has 3 nitrogen and oxygen atoms in total. The van der Waals surface area contributed by atoms with Crippen LogP contribution in [0, 0.1) is 12.7 Å². The van der Waals surface area contributed by atoms with Gasteiger partial charge in [-0.1, -0.05) is 30.7 Å². The molecule has 6 heteroatoms. The standard InChI is InChI=1S/C10H8ClF2N3.C2H6/c1-6-9(3-2-8(11)10(6)13)16-5-7(4-12)14-15-16;1-2/h2-3,5H,4H2,1H3;1-2H3. The summed E-state index contributed by atoms with van der Waals surface area (Å²) in [6.07, 6.45) is 1.41. The van der Waals surface area contributed by atoms with Gasteiger partial charge in [-0.15, -0.1) is 5.10 Å². The van der Waals surface area contributed by atoms with Gasteiger partial charge in [-0.25, -0.2) is 13.5 Å². The largest absolute Gasteiger partial charge is 0.244 e. The Morgan fingerprint density at radius 1 is 1.33 bits per heavy atom. The lowest BCUT2D eigenvalue weighted by atomic mass is 10.2. The molecule has 0 amide bonds. The highest BCUT2D eigenvalue weighted by atomic mass is 35.5. The summed E-state index contributed by atoms with van der Waals surface area (Å²) in [6, 6.07) is 3.04. The normalized spacial score (nSPS) is 9.89. The summed E-state index contributed by atoms with van der Waals surface area (Å²) >= 11 is 5.63. The van der Waals surface area contributed by atoms with Gasteiger partial charge in [-0.3, -0.25) is 0 Å². The summed E-state index contributed by atoms with van der Waals surface area (Å²) < 4.78 is 27.1. The molecule has 98 valence electrons. The van der Waals surface area contributed by atoms with E-state index in [2.05, 4.69) is 10.3 Å². The van der Waals surface area contributed by atoms with E-state index in [9.17, 15) is 8.78 Å². The summed E-state index contributed by atoms with van der Waals surface area (Å²) in [5.74, 6) is -0.503. The van der Waals surface area contributed by atoms with Gasteiger partial charge in [0.2, 0.25) is 0 Å². The van der Waals surface area contributed by atoms with Crippen LogP contribution in [0.15, 0.2) is 18.3 Å². The van der Waals surface area contributed by atoms with Crippen molar-refractivity contribution in [3.05, 3.63) is 40.4 Å². The zero-order valence-electron chi connectivity index (χ0n) is 10.4. The Hall–Kier alpha value is -1.49. The minimum Gasteiger partial charge on any atom is -0.244 e. The quantitative estimate of drug-likeness (QED) is 0.832. The second kappa shape index (κ2) is 6.44. The minimum atomic E-state index is -0.699. The van der Waals surface area contributed by atoms with Crippen molar-refractivity contribution in [1.82, 2.24) is 15.0 Å². The Kier molecular flexibility index (Phi) is 5.22. The number of hydrogen-bond acceptors (Lipinski definition) is 2. The highest BCUT2D eigenvalue weighted by Crippen LogP contribution is 2.23. The molecule has 1 aromatic heterocycles. The molecule has 0 saturated carbocycles. The summed E-state index contributed by atoms with van der Waals surface area (Å²) in [7, 11) is 0. The number of rotatable bonds is 2. The first kappa shape index (κ1) is 14.6. The summed E-state index contributed by atoms with van der Waals surface area (Å²) in [4.78, 5) is 0. The molecular weight excluding hydrogens is 260 g/mol. The molecule has 0 N–H and O–H groups in total. The zero-order chi connectivity index (χ0) is 13.7. The van der Waals surface area contributed by atoms with Crippen LogP contribution in [0.5, 0.6) is 0 Å². The van der Waals surface area contributed by atoms with E-state index in [0.29, 0.717) is 11.3 Å². The van der Waals surface area contributed by atoms with Crippen LogP contribution in [0.2, 0.25) is 5.02 Å². The molecule has 0 fully saturated rings. The number of aromatic nitrogens is 3. The van der Waals surface area contributed by atoms with Crippen molar-refractivity contribution < 1.29 is 8.78 Å². The van der Waals surface area contributed by atoms with Crippen molar-refractivity contribution in [2.75, 3.05) is 0 Å². The molecule has 0 aliphatic carbocycles. The third kappa shape index (κ3) is 2.85. The van der Waals surface area contributed by atoms with E-state index in [4.69, 9.17) is 11.6 Å². The molecule has 18 heavy (non-hydrogen) atoms. The van der Waals surface area contributed by atoms with Gasteiger partial charge < -0.3 is 0 Å². The maximum absolute atomic E-state index is 13.5. The number of nitrogens with zero attached hydrogens (tertiary/aromatic N) is 3.